The molecule has 190 valence electrons. The SMILES string of the molecule is COC(=O)c1ccc(CCN2C(=O)SCCN2CCC(C)Cc2cccc(/C=C/c3ccsc3)c2)s1. The van der Waals surface area contributed by atoms with E-state index in [2.05, 4.69) is 65.2 Å². The molecule has 1 aromatic carbocycles. The monoisotopic (exact) mass is 540 g/mol. The molecule has 1 saturated heterocycles. The van der Waals surface area contributed by atoms with E-state index in [1.165, 1.54) is 46.9 Å². The van der Waals surface area contributed by atoms with Gasteiger partial charge in [-0.1, -0.05) is 55.1 Å². The van der Waals surface area contributed by atoms with Crippen LogP contribution < -0.4 is 0 Å². The lowest BCUT2D eigenvalue weighted by Crippen LogP contribution is -2.50. The van der Waals surface area contributed by atoms with Crippen LogP contribution in [0.5, 0.6) is 0 Å². The van der Waals surface area contributed by atoms with E-state index < -0.39 is 0 Å². The molecule has 0 aliphatic carbocycles. The number of carbonyl (C=O) groups is 2. The number of methoxy groups -OCH3 is 1. The summed E-state index contributed by atoms with van der Waals surface area (Å²) in [5, 5.41) is 8.47. The maximum Gasteiger partial charge on any atom is 0.348 e. The van der Waals surface area contributed by atoms with Gasteiger partial charge < -0.3 is 4.74 Å². The van der Waals surface area contributed by atoms with Crippen LogP contribution in [-0.4, -0.2) is 53.7 Å². The van der Waals surface area contributed by atoms with Gasteiger partial charge in [-0.3, -0.25) is 9.80 Å². The highest BCUT2D eigenvalue weighted by Crippen LogP contribution is 2.24. The smallest absolute Gasteiger partial charge is 0.348 e. The van der Waals surface area contributed by atoms with Gasteiger partial charge in [0.25, 0.3) is 5.24 Å². The quantitative estimate of drug-likeness (QED) is 0.246. The Balaban J connectivity index is 1.29. The second-order valence-corrected chi connectivity index (χ2v) is 11.9. The fraction of sp³-hybridized carbons (Fsp3) is 0.357. The number of benzene rings is 1. The van der Waals surface area contributed by atoms with Gasteiger partial charge in [-0.25, -0.2) is 9.80 Å². The molecule has 0 radical (unpaired) electrons. The molecule has 2 aromatic heterocycles. The number of amides is 1. The van der Waals surface area contributed by atoms with Crippen molar-refractivity contribution < 1.29 is 14.3 Å². The molecule has 0 N–H and O–H groups in total. The van der Waals surface area contributed by atoms with Crippen LogP contribution in [-0.2, 0) is 17.6 Å². The summed E-state index contributed by atoms with van der Waals surface area (Å²) >= 11 is 4.54. The fourth-order valence-corrected chi connectivity index (χ4v) is 6.59. The summed E-state index contributed by atoms with van der Waals surface area (Å²) in [6, 6.07) is 14.6. The zero-order valence-corrected chi connectivity index (χ0v) is 23.2. The van der Waals surface area contributed by atoms with Crippen molar-refractivity contribution in [3.8, 4) is 0 Å². The zero-order chi connectivity index (χ0) is 25.3. The lowest BCUT2D eigenvalue weighted by atomic mass is 9.96. The molecule has 5 nitrogen and oxygen atoms in total. The predicted octanol–water partition coefficient (Wildman–Crippen LogP) is 6.96. The summed E-state index contributed by atoms with van der Waals surface area (Å²) in [4.78, 5) is 26.1. The third kappa shape index (κ3) is 7.56. The summed E-state index contributed by atoms with van der Waals surface area (Å²) in [5.74, 6) is 1.02. The van der Waals surface area contributed by atoms with E-state index in [4.69, 9.17) is 4.74 Å². The summed E-state index contributed by atoms with van der Waals surface area (Å²) in [7, 11) is 1.39. The fourth-order valence-electron chi connectivity index (χ4n) is 4.21. The van der Waals surface area contributed by atoms with Crippen molar-refractivity contribution in [2.24, 2.45) is 5.92 Å². The van der Waals surface area contributed by atoms with Gasteiger partial charge in [-0.05, 0) is 64.4 Å². The number of thioether (sulfide) groups is 1. The minimum atomic E-state index is -0.310. The van der Waals surface area contributed by atoms with Gasteiger partial charge in [0.05, 0.1) is 7.11 Å². The highest BCUT2D eigenvalue weighted by molar-refractivity contribution is 8.13. The average Bonchev–Trinajstić information content (AvgIpc) is 3.58. The second-order valence-electron chi connectivity index (χ2n) is 8.93. The molecule has 1 aliphatic rings. The molecule has 0 saturated carbocycles. The van der Waals surface area contributed by atoms with E-state index in [-0.39, 0.29) is 11.2 Å². The van der Waals surface area contributed by atoms with E-state index in [1.54, 1.807) is 17.4 Å². The lowest BCUT2D eigenvalue weighted by molar-refractivity contribution is 0.0241. The highest BCUT2D eigenvalue weighted by Gasteiger charge is 2.27. The first-order valence-corrected chi connectivity index (χ1v) is 14.9. The normalized spacial score (nSPS) is 15.5. The summed E-state index contributed by atoms with van der Waals surface area (Å²) in [6.45, 7) is 4.66. The standard InChI is InChI=1S/C28H32N2O3S3/c1-21(18-24-5-3-4-22(19-24)6-7-23-12-16-34-20-23)10-13-29-15-17-35-28(32)30(29)14-11-25-8-9-26(36-25)27(31)33-2/h3-9,12,16,19-21H,10-11,13-15,17-18H2,1-2H3/b7-6+. The predicted molar refractivity (Wildman–Crippen MR) is 153 cm³/mol. The number of rotatable bonds is 11. The van der Waals surface area contributed by atoms with Crippen LogP contribution >= 0.6 is 34.4 Å². The molecular weight excluding hydrogens is 509 g/mol. The van der Waals surface area contributed by atoms with Crippen LogP contribution in [0.3, 0.4) is 0 Å². The lowest BCUT2D eigenvalue weighted by Gasteiger charge is -2.38. The Morgan fingerprint density at radius 2 is 2.00 bits per heavy atom. The highest BCUT2D eigenvalue weighted by atomic mass is 32.2. The first-order valence-electron chi connectivity index (χ1n) is 12.2. The zero-order valence-electron chi connectivity index (χ0n) is 20.7. The van der Waals surface area contributed by atoms with E-state index in [0.717, 1.165) is 43.0 Å². The van der Waals surface area contributed by atoms with Gasteiger partial charge >= 0.3 is 5.97 Å². The van der Waals surface area contributed by atoms with Crippen LogP contribution in [0.1, 0.15) is 44.6 Å². The molecule has 1 atom stereocenters. The molecule has 36 heavy (non-hydrogen) atoms. The number of ether oxygens (including phenoxy) is 1. The van der Waals surface area contributed by atoms with E-state index in [0.29, 0.717) is 17.3 Å². The van der Waals surface area contributed by atoms with Gasteiger partial charge in [-0.15, -0.1) is 11.3 Å². The number of thiophene rings is 2. The van der Waals surface area contributed by atoms with Crippen molar-refractivity contribution in [2.45, 2.75) is 26.2 Å². The van der Waals surface area contributed by atoms with Gasteiger partial charge in [-0.2, -0.15) is 11.3 Å². The molecule has 1 unspecified atom stereocenters. The number of carbonyl (C=O) groups excluding carboxylic acids is 2. The Bertz CT molecular complexity index is 1170. The average molecular weight is 541 g/mol. The Hall–Kier alpha value is -2.39. The minimum Gasteiger partial charge on any atom is -0.465 e. The Labute approximate surface area is 225 Å². The van der Waals surface area contributed by atoms with Crippen molar-refractivity contribution in [1.82, 2.24) is 10.0 Å². The Morgan fingerprint density at radius 1 is 1.14 bits per heavy atom. The van der Waals surface area contributed by atoms with Gasteiger partial charge in [0.1, 0.15) is 4.88 Å². The molecule has 0 bridgehead atoms. The van der Waals surface area contributed by atoms with Crippen LogP contribution in [0.2, 0.25) is 0 Å². The number of hydrogen-bond acceptors (Lipinski definition) is 7. The molecular formula is C28H32N2O3S3. The van der Waals surface area contributed by atoms with Crippen LogP contribution in [0.25, 0.3) is 12.2 Å². The summed E-state index contributed by atoms with van der Waals surface area (Å²) < 4.78 is 4.80. The van der Waals surface area contributed by atoms with Crippen LogP contribution in [0.4, 0.5) is 4.79 Å². The largest absolute Gasteiger partial charge is 0.465 e. The minimum absolute atomic E-state index is 0.115. The Morgan fingerprint density at radius 3 is 2.81 bits per heavy atom. The van der Waals surface area contributed by atoms with E-state index in [1.807, 2.05) is 11.1 Å². The van der Waals surface area contributed by atoms with Crippen LogP contribution in [0.15, 0.2) is 53.2 Å². The summed E-state index contributed by atoms with van der Waals surface area (Å²) in [6.07, 6.45) is 7.10. The summed E-state index contributed by atoms with van der Waals surface area (Å²) in [5.41, 5.74) is 3.80. The molecule has 8 heteroatoms. The van der Waals surface area contributed by atoms with Gasteiger partial charge in [0, 0.05) is 36.7 Å². The van der Waals surface area contributed by atoms with Crippen molar-refractivity contribution in [3.05, 3.63) is 79.7 Å². The topological polar surface area (TPSA) is 49.9 Å². The van der Waals surface area contributed by atoms with Gasteiger partial charge in [0.2, 0.25) is 0 Å². The molecule has 0 spiro atoms. The second kappa shape index (κ2) is 13.2. The molecule has 1 fully saturated rings. The first kappa shape index (κ1) is 26.7. The van der Waals surface area contributed by atoms with E-state index >= 15 is 0 Å². The maximum absolute atomic E-state index is 12.7. The maximum atomic E-state index is 12.7. The van der Waals surface area contributed by atoms with Crippen molar-refractivity contribution in [2.75, 3.05) is 32.5 Å². The number of hydrazine groups is 1. The van der Waals surface area contributed by atoms with Crippen LogP contribution in [0, 0.1) is 5.92 Å². The van der Waals surface area contributed by atoms with Gasteiger partial charge in [0.15, 0.2) is 0 Å². The molecule has 3 heterocycles. The first-order chi connectivity index (χ1) is 17.5. The molecule has 4 rings (SSSR count). The van der Waals surface area contributed by atoms with E-state index in [9.17, 15) is 9.59 Å². The third-order valence-electron chi connectivity index (χ3n) is 6.17. The molecule has 3 aromatic rings. The van der Waals surface area contributed by atoms with Crippen molar-refractivity contribution in [3.63, 3.8) is 0 Å². The molecule has 1 amide bonds. The third-order valence-corrected chi connectivity index (χ3v) is 8.84. The molecule has 1 aliphatic heterocycles. The number of hydrogen-bond donors (Lipinski definition) is 0. The Kier molecular flexibility index (Phi) is 9.81. The van der Waals surface area contributed by atoms with Crippen molar-refractivity contribution >= 4 is 57.8 Å². The number of nitrogens with zero attached hydrogens (tertiary/aromatic N) is 2. The van der Waals surface area contributed by atoms with Crippen molar-refractivity contribution in [1.29, 1.82) is 0 Å². The number of esters is 1.